The second-order valence-electron chi connectivity index (χ2n) is 3.16. The number of methoxy groups -OCH3 is 1. The topological polar surface area (TPSA) is 26.3 Å². The molecular formula is C11H13BrO2. The molecule has 0 bridgehead atoms. The quantitative estimate of drug-likeness (QED) is 0.775. The molecule has 0 atom stereocenters. The lowest BCUT2D eigenvalue weighted by molar-refractivity contribution is -0.116. The average Bonchev–Trinajstić information content (AvgIpc) is 2.17. The van der Waals surface area contributed by atoms with E-state index in [4.69, 9.17) is 4.74 Å². The molecule has 0 saturated carbocycles. The molecule has 0 amide bonds. The van der Waals surface area contributed by atoms with Crippen LogP contribution in [0, 0.1) is 0 Å². The first-order valence-electron chi connectivity index (χ1n) is 4.38. The van der Waals surface area contributed by atoms with Gasteiger partial charge in [0.1, 0.15) is 11.5 Å². The SMILES string of the molecule is COc1cc(CBr)ccc1CC(C)=O. The van der Waals surface area contributed by atoms with E-state index in [0.29, 0.717) is 6.42 Å². The molecule has 0 saturated heterocycles. The molecule has 0 N–H and O–H groups in total. The largest absolute Gasteiger partial charge is 0.496 e. The molecular weight excluding hydrogens is 244 g/mol. The minimum Gasteiger partial charge on any atom is -0.496 e. The molecule has 76 valence electrons. The van der Waals surface area contributed by atoms with Crippen LogP contribution >= 0.6 is 15.9 Å². The Kier molecular flexibility index (Phi) is 4.14. The van der Waals surface area contributed by atoms with Gasteiger partial charge in [-0.2, -0.15) is 0 Å². The summed E-state index contributed by atoms with van der Waals surface area (Å²) in [4.78, 5) is 11.0. The molecule has 0 aliphatic rings. The molecule has 0 heterocycles. The van der Waals surface area contributed by atoms with Crippen molar-refractivity contribution in [2.45, 2.75) is 18.7 Å². The van der Waals surface area contributed by atoms with Gasteiger partial charge in [-0.3, -0.25) is 4.79 Å². The van der Waals surface area contributed by atoms with E-state index < -0.39 is 0 Å². The van der Waals surface area contributed by atoms with Gasteiger partial charge in [0.25, 0.3) is 0 Å². The summed E-state index contributed by atoms with van der Waals surface area (Å²) in [6.45, 7) is 1.58. The molecule has 0 aromatic heterocycles. The van der Waals surface area contributed by atoms with Crippen molar-refractivity contribution in [1.82, 2.24) is 0 Å². The van der Waals surface area contributed by atoms with Gasteiger partial charge in [-0.15, -0.1) is 0 Å². The Balaban J connectivity index is 2.98. The summed E-state index contributed by atoms with van der Waals surface area (Å²) in [5.74, 6) is 0.937. The molecule has 1 aromatic carbocycles. The maximum Gasteiger partial charge on any atom is 0.134 e. The Bertz CT molecular complexity index is 334. The number of ketones is 1. The van der Waals surface area contributed by atoms with E-state index >= 15 is 0 Å². The van der Waals surface area contributed by atoms with Gasteiger partial charge in [-0.05, 0) is 18.6 Å². The first kappa shape index (κ1) is 11.2. The van der Waals surface area contributed by atoms with E-state index in [0.717, 1.165) is 22.2 Å². The number of halogens is 1. The van der Waals surface area contributed by atoms with Crippen molar-refractivity contribution in [2.24, 2.45) is 0 Å². The molecule has 3 heteroatoms. The average molecular weight is 257 g/mol. The summed E-state index contributed by atoms with van der Waals surface area (Å²) in [5.41, 5.74) is 2.10. The van der Waals surface area contributed by atoms with Crippen LogP contribution in [-0.4, -0.2) is 12.9 Å². The summed E-state index contributed by atoms with van der Waals surface area (Å²) in [7, 11) is 1.62. The van der Waals surface area contributed by atoms with Gasteiger partial charge in [0, 0.05) is 17.3 Å². The van der Waals surface area contributed by atoms with Crippen molar-refractivity contribution < 1.29 is 9.53 Å². The predicted molar refractivity (Wildman–Crippen MR) is 60.0 cm³/mol. The number of carbonyl (C=O) groups excluding carboxylic acids is 1. The van der Waals surface area contributed by atoms with Crippen LogP contribution in [0.4, 0.5) is 0 Å². The van der Waals surface area contributed by atoms with Crippen molar-refractivity contribution in [3.05, 3.63) is 29.3 Å². The van der Waals surface area contributed by atoms with E-state index in [-0.39, 0.29) is 5.78 Å². The van der Waals surface area contributed by atoms with Crippen molar-refractivity contribution in [1.29, 1.82) is 0 Å². The zero-order valence-corrected chi connectivity index (χ0v) is 9.93. The summed E-state index contributed by atoms with van der Waals surface area (Å²) in [6, 6.07) is 5.89. The van der Waals surface area contributed by atoms with Gasteiger partial charge in [-0.25, -0.2) is 0 Å². The number of hydrogen-bond donors (Lipinski definition) is 0. The lowest BCUT2D eigenvalue weighted by Gasteiger charge is -2.08. The van der Waals surface area contributed by atoms with E-state index in [2.05, 4.69) is 15.9 Å². The molecule has 2 nitrogen and oxygen atoms in total. The van der Waals surface area contributed by atoms with Crippen molar-refractivity contribution in [3.63, 3.8) is 0 Å². The van der Waals surface area contributed by atoms with Gasteiger partial charge in [0.15, 0.2) is 0 Å². The predicted octanol–water partition coefficient (Wildman–Crippen LogP) is 2.72. The van der Waals surface area contributed by atoms with Gasteiger partial charge < -0.3 is 4.74 Å². The summed E-state index contributed by atoms with van der Waals surface area (Å²) in [6.07, 6.45) is 0.436. The Morgan fingerprint density at radius 2 is 2.21 bits per heavy atom. The second-order valence-corrected chi connectivity index (χ2v) is 3.72. The second kappa shape index (κ2) is 5.15. The maximum atomic E-state index is 11.0. The number of carbonyl (C=O) groups is 1. The van der Waals surface area contributed by atoms with Crippen LogP contribution in [0.2, 0.25) is 0 Å². The standard InChI is InChI=1S/C11H13BrO2/c1-8(13)5-10-4-3-9(7-12)6-11(10)14-2/h3-4,6H,5,7H2,1-2H3. The van der Waals surface area contributed by atoms with Crippen LogP contribution in [0.15, 0.2) is 18.2 Å². The lowest BCUT2D eigenvalue weighted by atomic mass is 10.1. The fourth-order valence-corrected chi connectivity index (χ4v) is 1.64. The highest BCUT2D eigenvalue weighted by molar-refractivity contribution is 9.08. The van der Waals surface area contributed by atoms with Crippen LogP contribution in [-0.2, 0) is 16.5 Å². The Labute approximate surface area is 92.4 Å². The fraction of sp³-hybridized carbons (Fsp3) is 0.364. The Hall–Kier alpha value is -0.830. The highest BCUT2D eigenvalue weighted by Gasteiger charge is 2.05. The van der Waals surface area contributed by atoms with Gasteiger partial charge >= 0.3 is 0 Å². The monoisotopic (exact) mass is 256 g/mol. The van der Waals surface area contributed by atoms with Crippen LogP contribution in [0.25, 0.3) is 0 Å². The normalized spacial score (nSPS) is 9.93. The van der Waals surface area contributed by atoms with E-state index in [1.807, 2.05) is 18.2 Å². The molecule has 0 aliphatic carbocycles. The highest BCUT2D eigenvalue weighted by atomic mass is 79.9. The summed E-state index contributed by atoms with van der Waals surface area (Å²) < 4.78 is 5.22. The lowest BCUT2D eigenvalue weighted by Crippen LogP contribution is -1.99. The third-order valence-corrected chi connectivity index (χ3v) is 2.59. The highest BCUT2D eigenvalue weighted by Crippen LogP contribution is 2.22. The van der Waals surface area contributed by atoms with Crippen LogP contribution in [0.3, 0.4) is 0 Å². The van der Waals surface area contributed by atoms with E-state index in [1.165, 1.54) is 0 Å². The van der Waals surface area contributed by atoms with Crippen LogP contribution < -0.4 is 4.74 Å². The minimum atomic E-state index is 0.148. The number of alkyl halides is 1. The third kappa shape index (κ3) is 2.84. The van der Waals surface area contributed by atoms with Crippen molar-refractivity contribution in [3.8, 4) is 5.75 Å². The molecule has 0 spiro atoms. The Morgan fingerprint density at radius 1 is 1.50 bits per heavy atom. The van der Waals surface area contributed by atoms with Crippen LogP contribution in [0.1, 0.15) is 18.1 Å². The summed E-state index contributed by atoms with van der Waals surface area (Å²) in [5, 5.41) is 0.795. The van der Waals surface area contributed by atoms with Crippen LogP contribution in [0.5, 0.6) is 5.75 Å². The van der Waals surface area contributed by atoms with Gasteiger partial charge in [0.05, 0.1) is 7.11 Å². The first-order valence-corrected chi connectivity index (χ1v) is 5.50. The molecule has 14 heavy (non-hydrogen) atoms. The molecule has 0 aliphatic heterocycles. The minimum absolute atomic E-state index is 0.148. The van der Waals surface area contributed by atoms with Gasteiger partial charge in [0.2, 0.25) is 0 Å². The van der Waals surface area contributed by atoms with Crippen molar-refractivity contribution in [2.75, 3.05) is 7.11 Å². The zero-order chi connectivity index (χ0) is 10.6. The number of ether oxygens (including phenoxy) is 1. The Morgan fingerprint density at radius 3 is 2.71 bits per heavy atom. The van der Waals surface area contributed by atoms with E-state index in [9.17, 15) is 4.79 Å². The third-order valence-electron chi connectivity index (χ3n) is 1.95. The molecule has 1 aromatic rings. The fourth-order valence-electron chi connectivity index (χ4n) is 1.29. The molecule has 1 rings (SSSR count). The number of Topliss-reactive ketones (excluding diaryl/α,β-unsaturated/α-hetero) is 1. The smallest absolute Gasteiger partial charge is 0.134 e. The summed E-state index contributed by atoms with van der Waals surface area (Å²) >= 11 is 3.37. The first-order chi connectivity index (χ1) is 6.67. The maximum absolute atomic E-state index is 11.0. The number of rotatable bonds is 4. The number of benzene rings is 1. The molecule has 0 fully saturated rings. The van der Waals surface area contributed by atoms with E-state index in [1.54, 1.807) is 14.0 Å². The van der Waals surface area contributed by atoms with Gasteiger partial charge in [-0.1, -0.05) is 28.1 Å². The molecule has 0 radical (unpaired) electrons. The van der Waals surface area contributed by atoms with Crippen molar-refractivity contribution >= 4 is 21.7 Å². The number of hydrogen-bond acceptors (Lipinski definition) is 2. The molecule has 0 unspecified atom stereocenters. The zero-order valence-electron chi connectivity index (χ0n) is 8.34.